The van der Waals surface area contributed by atoms with Crippen LogP contribution in [0.3, 0.4) is 0 Å². The molecule has 2 aliphatic carbocycles. The molecule has 0 spiro atoms. The van der Waals surface area contributed by atoms with Gasteiger partial charge in [0.15, 0.2) is 28.4 Å². The molecule has 1 aromatic heterocycles. The lowest BCUT2D eigenvalue weighted by Gasteiger charge is -2.26. The van der Waals surface area contributed by atoms with Gasteiger partial charge in [0, 0.05) is 18.9 Å². The molecular weight excluding hydrogens is 490 g/mol. The number of nitrogens with two attached hydrogens (primary N) is 3. The second kappa shape index (κ2) is 15.1. The average molecular weight is 529 g/mol. The first-order valence-corrected chi connectivity index (χ1v) is 13.0. The molecule has 2 fully saturated rings. The third kappa shape index (κ3) is 8.70. The Morgan fingerprint density at radius 2 is 1.83 bits per heavy atom. The highest BCUT2D eigenvalue weighted by molar-refractivity contribution is 7.99. The number of nitrogen functional groups attached to an aromatic ring is 2. The average Bonchev–Trinajstić information content (AvgIpc) is 3.63. The van der Waals surface area contributed by atoms with E-state index >= 15 is 0 Å². The number of ether oxygens (including phenoxy) is 1. The lowest BCUT2D eigenvalue weighted by Crippen LogP contribution is -2.41. The second-order valence-corrected chi connectivity index (χ2v) is 9.58. The number of anilines is 3. The van der Waals surface area contributed by atoms with Crippen LogP contribution < -0.4 is 22.3 Å². The van der Waals surface area contributed by atoms with Gasteiger partial charge in [-0.15, -0.1) is 0 Å². The van der Waals surface area contributed by atoms with Crippen molar-refractivity contribution in [2.45, 2.75) is 68.7 Å². The Hall–Kier alpha value is -2.25. The number of aromatic nitrogens is 2. The number of hydrogen-bond acceptors (Lipinski definition) is 10. The van der Waals surface area contributed by atoms with Crippen LogP contribution in [0.2, 0.25) is 0 Å². The second-order valence-electron chi connectivity index (χ2n) is 8.52. The van der Waals surface area contributed by atoms with Gasteiger partial charge in [0.2, 0.25) is 0 Å². The summed E-state index contributed by atoms with van der Waals surface area (Å²) in [4.78, 5) is 8.67. The van der Waals surface area contributed by atoms with Crippen LogP contribution >= 0.6 is 11.8 Å². The van der Waals surface area contributed by atoms with Gasteiger partial charge in [-0.25, -0.2) is 24.6 Å². The quantitative estimate of drug-likeness (QED) is 0.142. The van der Waals surface area contributed by atoms with E-state index in [1.54, 1.807) is 11.1 Å². The fourth-order valence-electron chi connectivity index (χ4n) is 3.81. The molecule has 8 N–H and O–H groups in total. The van der Waals surface area contributed by atoms with Gasteiger partial charge in [-0.05, 0) is 62.1 Å². The number of rotatable bonds is 9. The summed E-state index contributed by atoms with van der Waals surface area (Å²) in [5, 5.41) is 18.0. The monoisotopic (exact) mass is 528 g/mol. The molecule has 1 heterocycles. The zero-order chi connectivity index (χ0) is 26.7. The van der Waals surface area contributed by atoms with Crippen molar-refractivity contribution in [2.75, 3.05) is 42.6 Å². The molecule has 12 heteroatoms. The van der Waals surface area contributed by atoms with Crippen LogP contribution in [-0.2, 0) is 4.74 Å². The van der Waals surface area contributed by atoms with E-state index in [0.29, 0.717) is 29.2 Å². The first-order chi connectivity index (χ1) is 17.3. The summed E-state index contributed by atoms with van der Waals surface area (Å²) < 4.78 is 30.6. The van der Waals surface area contributed by atoms with Crippen molar-refractivity contribution in [1.29, 1.82) is 0 Å². The molecule has 2 aliphatic rings. The van der Waals surface area contributed by atoms with E-state index in [-0.39, 0.29) is 24.6 Å². The number of thioether (sulfide) groups is 1. The van der Waals surface area contributed by atoms with E-state index < -0.39 is 11.6 Å². The summed E-state index contributed by atoms with van der Waals surface area (Å²) >= 11 is 1.54. The van der Waals surface area contributed by atoms with Gasteiger partial charge in [0.05, 0.1) is 19.3 Å². The maximum absolute atomic E-state index is 12.6. The van der Waals surface area contributed by atoms with Gasteiger partial charge in [-0.1, -0.05) is 24.8 Å². The third-order valence-corrected chi connectivity index (χ3v) is 6.85. The SMILES string of the molecule is CCCSc1nc(N)c(N)c(N(N)C2CCC(OCCO)C2)n1.CO.Fc1ccc(C2CC2)cc1F. The number of benzene rings is 1. The Morgan fingerprint density at radius 1 is 1.11 bits per heavy atom. The Bertz CT molecular complexity index is 954. The van der Waals surface area contributed by atoms with Gasteiger partial charge in [0.25, 0.3) is 0 Å². The van der Waals surface area contributed by atoms with Crippen molar-refractivity contribution in [1.82, 2.24) is 9.97 Å². The van der Waals surface area contributed by atoms with Gasteiger partial charge in [0.1, 0.15) is 5.69 Å². The zero-order valence-electron chi connectivity index (χ0n) is 20.9. The topological polar surface area (TPSA) is 157 Å². The summed E-state index contributed by atoms with van der Waals surface area (Å²) in [5.41, 5.74) is 13.2. The minimum absolute atomic E-state index is 0.0287. The number of hydrazine groups is 1. The van der Waals surface area contributed by atoms with Crippen LogP contribution in [0.15, 0.2) is 23.4 Å². The molecule has 202 valence electrons. The highest BCUT2D eigenvalue weighted by Crippen LogP contribution is 2.40. The van der Waals surface area contributed by atoms with Gasteiger partial charge < -0.3 is 26.4 Å². The molecule has 0 bridgehead atoms. The first kappa shape index (κ1) is 30.0. The van der Waals surface area contributed by atoms with Gasteiger partial charge in [-0.2, -0.15) is 0 Å². The Kier molecular flexibility index (Phi) is 12.6. The summed E-state index contributed by atoms with van der Waals surface area (Å²) in [6.07, 6.45) is 5.91. The minimum Gasteiger partial charge on any atom is -0.400 e. The predicted octanol–water partition coefficient (Wildman–Crippen LogP) is 3.20. The van der Waals surface area contributed by atoms with Gasteiger partial charge >= 0.3 is 0 Å². The van der Waals surface area contributed by atoms with E-state index in [4.69, 9.17) is 32.3 Å². The molecule has 9 nitrogen and oxygen atoms in total. The van der Waals surface area contributed by atoms with Crippen LogP contribution in [0.4, 0.5) is 26.1 Å². The molecule has 0 aliphatic heterocycles. The standard InChI is InChI=1S/C14H26N6O2S.C9H8F2.CH4O/c1-2-7-23-14-18-12(16)11(15)13(19-14)20(17)9-3-4-10(8-9)22-6-5-21;10-8-4-3-7(5-9(8)11)6-1-2-6;1-2/h9-10,21H,2-8,15,17H2,1H3,(H2,16,18,19);3-6H,1-2H2;2H,1H3. The third-order valence-electron chi connectivity index (χ3n) is 5.80. The van der Waals surface area contributed by atoms with Crippen molar-refractivity contribution < 1.29 is 23.7 Å². The van der Waals surface area contributed by atoms with Gasteiger partial charge in [-0.3, -0.25) is 5.01 Å². The van der Waals surface area contributed by atoms with Crippen LogP contribution in [0.5, 0.6) is 0 Å². The Labute approximate surface area is 215 Å². The summed E-state index contributed by atoms with van der Waals surface area (Å²) in [5.74, 6) is 6.91. The fraction of sp³-hybridized carbons (Fsp3) is 0.583. The van der Waals surface area contributed by atoms with Crippen molar-refractivity contribution in [3.63, 3.8) is 0 Å². The number of hydrogen-bond donors (Lipinski definition) is 5. The zero-order valence-corrected chi connectivity index (χ0v) is 21.7. The molecule has 2 atom stereocenters. The van der Waals surface area contributed by atoms with Crippen LogP contribution in [0, 0.1) is 11.6 Å². The number of nitrogens with zero attached hydrogens (tertiary/aromatic N) is 3. The van der Waals surface area contributed by atoms with Crippen LogP contribution in [0.25, 0.3) is 0 Å². The maximum atomic E-state index is 12.6. The molecule has 0 saturated heterocycles. The molecule has 1 aromatic carbocycles. The molecule has 2 aromatic rings. The van der Waals surface area contributed by atoms with Crippen molar-refractivity contribution in [2.24, 2.45) is 5.84 Å². The molecule has 0 radical (unpaired) electrons. The van der Waals surface area contributed by atoms with Crippen LogP contribution in [-0.4, -0.2) is 58.4 Å². The summed E-state index contributed by atoms with van der Waals surface area (Å²) in [7, 11) is 1.00. The smallest absolute Gasteiger partial charge is 0.191 e. The summed E-state index contributed by atoms with van der Waals surface area (Å²) in [6.45, 7) is 2.47. The van der Waals surface area contributed by atoms with E-state index in [9.17, 15) is 8.78 Å². The molecule has 2 saturated carbocycles. The summed E-state index contributed by atoms with van der Waals surface area (Å²) in [6, 6.07) is 4.24. The number of halogens is 2. The molecule has 36 heavy (non-hydrogen) atoms. The van der Waals surface area contributed by atoms with E-state index in [0.717, 1.165) is 57.0 Å². The van der Waals surface area contributed by atoms with E-state index in [2.05, 4.69) is 16.9 Å². The normalized spacial score (nSPS) is 18.6. The predicted molar refractivity (Wildman–Crippen MR) is 139 cm³/mol. The van der Waals surface area contributed by atoms with Crippen molar-refractivity contribution in [3.05, 3.63) is 35.4 Å². The van der Waals surface area contributed by atoms with E-state index in [1.807, 2.05) is 0 Å². The van der Waals surface area contributed by atoms with Crippen LogP contribution in [0.1, 0.15) is 56.9 Å². The van der Waals surface area contributed by atoms with E-state index in [1.165, 1.54) is 23.9 Å². The minimum atomic E-state index is -0.755. The molecule has 4 rings (SSSR count). The molecule has 2 unspecified atom stereocenters. The number of aliphatic hydroxyl groups excluding tert-OH is 2. The first-order valence-electron chi connectivity index (χ1n) is 12.1. The fourth-order valence-corrected chi connectivity index (χ4v) is 4.51. The largest absolute Gasteiger partial charge is 0.400 e. The molecular formula is C24H38F2N6O3S. The van der Waals surface area contributed by atoms with Crippen molar-refractivity contribution in [3.8, 4) is 0 Å². The maximum Gasteiger partial charge on any atom is 0.191 e. The Morgan fingerprint density at radius 3 is 2.44 bits per heavy atom. The van der Waals surface area contributed by atoms with Crippen molar-refractivity contribution >= 4 is 29.1 Å². The highest BCUT2D eigenvalue weighted by Gasteiger charge is 2.31. The number of aliphatic hydroxyl groups is 2. The lowest BCUT2D eigenvalue weighted by atomic mass is 10.1. The highest BCUT2D eigenvalue weighted by atomic mass is 32.2. The Balaban J connectivity index is 0.000000291. The lowest BCUT2D eigenvalue weighted by molar-refractivity contribution is 0.0322. The molecule has 0 amide bonds.